The lowest BCUT2D eigenvalue weighted by Gasteiger charge is -2.18. The van der Waals surface area contributed by atoms with Gasteiger partial charge in [0.05, 0.1) is 16.9 Å². The molecule has 0 atom stereocenters. The largest absolute Gasteiger partial charge is 0.496 e. The van der Waals surface area contributed by atoms with Crippen LogP contribution in [0.2, 0.25) is 0 Å². The van der Waals surface area contributed by atoms with Gasteiger partial charge in [0.15, 0.2) is 0 Å². The van der Waals surface area contributed by atoms with Crippen molar-refractivity contribution in [2.75, 3.05) is 32.1 Å². The van der Waals surface area contributed by atoms with Gasteiger partial charge >= 0.3 is 0 Å². The molecule has 0 spiro atoms. The molecule has 0 saturated heterocycles. The minimum absolute atomic E-state index is 0.0850. The number of hydrogen-bond donors (Lipinski definition) is 1. The zero-order chi connectivity index (χ0) is 20.7. The molecule has 0 aliphatic carbocycles. The highest BCUT2D eigenvalue weighted by atomic mass is 32.2. The molecule has 28 heavy (non-hydrogen) atoms. The highest BCUT2D eigenvalue weighted by Gasteiger charge is 2.25. The third kappa shape index (κ3) is 4.79. The lowest BCUT2D eigenvalue weighted by molar-refractivity contribution is -0.384. The number of hydrogen-bond acceptors (Lipinski definition) is 6. The third-order valence-corrected chi connectivity index (χ3v) is 6.46. The Kier molecular flexibility index (Phi) is 7.36. The van der Waals surface area contributed by atoms with Crippen LogP contribution in [0, 0.1) is 10.1 Å². The zero-order valence-electron chi connectivity index (χ0n) is 16.2. The van der Waals surface area contributed by atoms with Gasteiger partial charge < -0.3 is 10.1 Å². The smallest absolute Gasteiger partial charge is 0.293 e. The molecule has 0 saturated carbocycles. The van der Waals surface area contributed by atoms with E-state index in [4.69, 9.17) is 4.74 Å². The van der Waals surface area contributed by atoms with E-state index in [1.807, 2.05) is 24.3 Å². The predicted octanol–water partition coefficient (Wildman–Crippen LogP) is 3.29. The summed E-state index contributed by atoms with van der Waals surface area (Å²) in [4.78, 5) is 10.8. The lowest BCUT2D eigenvalue weighted by Crippen LogP contribution is -2.30. The fourth-order valence-corrected chi connectivity index (χ4v) is 4.40. The number of anilines is 1. The predicted molar refractivity (Wildman–Crippen MR) is 108 cm³/mol. The van der Waals surface area contributed by atoms with Gasteiger partial charge in [-0.2, -0.15) is 4.31 Å². The van der Waals surface area contributed by atoms with Gasteiger partial charge in [0.1, 0.15) is 11.4 Å². The number of ether oxygens (including phenoxy) is 1. The van der Waals surface area contributed by atoms with Gasteiger partial charge in [0, 0.05) is 25.7 Å². The van der Waals surface area contributed by atoms with Crippen molar-refractivity contribution in [2.45, 2.75) is 25.2 Å². The Morgan fingerprint density at radius 3 is 2.43 bits per heavy atom. The van der Waals surface area contributed by atoms with Crippen LogP contribution in [0.25, 0.3) is 0 Å². The maximum Gasteiger partial charge on any atom is 0.293 e. The van der Waals surface area contributed by atoms with Crippen molar-refractivity contribution in [1.82, 2.24) is 4.31 Å². The number of nitro benzene ring substituents is 1. The van der Waals surface area contributed by atoms with Crippen LogP contribution < -0.4 is 10.1 Å². The van der Waals surface area contributed by atoms with Crippen LogP contribution in [0.1, 0.15) is 19.4 Å². The van der Waals surface area contributed by atoms with Gasteiger partial charge in [-0.3, -0.25) is 10.1 Å². The second-order valence-electron chi connectivity index (χ2n) is 6.01. The Hall–Kier alpha value is -2.65. The maximum atomic E-state index is 12.6. The summed E-state index contributed by atoms with van der Waals surface area (Å²) in [6.07, 6.45) is 0.598. The average molecular weight is 407 g/mol. The lowest BCUT2D eigenvalue weighted by atomic mass is 10.1. The van der Waals surface area contributed by atoms with Gasteiger partial charge in [0.25, 0.3) is 5.69 Å². The first kappa shape index (κ1) is 21.6. The highest BCUT2D eigenvalue weighted by Crippen LogP contribution is 2.29. The number of nitrogens with one attached hydrogen (secondary N) is 1. The van der Waals surface area contributed by atoms with E-state index < -0.39 is 14.9 Å². The Labute approximate surface area is 165 Å². The van der Waals surface area contributed by atoms with Gasteiger partial charge in [0.2, 0.25) is 10.0 Å². The normalized spacial score (nSPS) is 11.4. The molecule has 0 aromatic heterocycles. The van der Waals surface area contributed by atoms with E-state index in [0.717, 1.165) is 17.4 Å². The molecule has 9 heteroatoms. The molecule has 2 aromatic rings. The van der Waals surface area contributed by atoms with Crippen molar-refractivity contribution in [3.8, 4) is 5.75 Å². The fourth-order valence-electron chi connectivity index (χ4n) is 2.93. The molecule has 1 N–H and O–H groups in total. The Morgan fingerprint density at radius 2 is 1.82 bits per heavy atom. The standard InChI is InChI=1S/C19H25N3O5S/c1-4-21(5-2)28(25,26)16-10-11-17(18(14-16)22(23)24)20-13-12-15-8-6-7-9-19(15)27-3/h6-11,14,20H,4-5,12-13H2,1-3H3. The summed E-state index contributed by atoms with van der Waals surface area (Å²) in [5, 5.41) is 14.5. The van der Waals surface area contributed by atoms with Crippen LogP contribution in [0.4, 0.5) is 11.4 Å². The number of para-hydroxylation sites is 1. The summed E-state index contributed by atoms with van der Waals surface area (Å²) in [6, 6.07) is 11.5. The first-order chi connectivity index (χ1) is 13.3. The molecule has 0 amide bonds. The summed E-state index contributed by atoms with van der Waals surface area (Å²) >= 11 is 0. The van der Waals surface area contributed by atoms with Crippen LogP contribution in [0.3, 0.4) is 0 Å². The van der Waals surface area contributed by atoms with E-state index in [2.05, 4.69) is 5.32 Å². The van der Waals surface area contributed by atoms with E-state index in [0.29, 0.717) is 26.1 Å². The average Bonchev–Trinajstić information content (AvgIpc) is 2.69. The number of nitrogens with zero attached hydrogens (tertiary/aromatic N) is 2. The van der Waals surface area contributed by atoms with Crippen LogP contribution in [0.15, 0.2) is 47.4 Å². The van der Waals surface area contributed by atoms with E-state index in [9.17, 15) is 18.5 Å². The maximum absolute atomic E-state index is 12.6. The Morgan fingerprint density at radius 1 is 1.14 bits per heavy atom. The summed E-state index contributed by atoms with van der Waals surface area (Å²) in [6.45, 7) is 4.48. The molecule has 2 aromatic carbocycles. The SMILES string of the molecule is CCN(CC)S(=O)(=O)c1ccc(NCCc2ccccc2OC)c([N+](=O)[O-])c1. The zero-order valence-corrected chi connectivity index (χ0v) is 17.0. The molecular formula is C19H25N3O5S. The topological polar surface area (TPSA) is 102 Å². The highest BCUT2D eigenvalue weighted by molar-refractivity contribution is 7.89. The van der Waals surface area contributed by atoms with Gasteiger partial charge in [-0.05, 0) is 30.2 Å². The summed E-state index contributed by atoms with van der Waals surface area (Å²) in [5.74, 6) is 0.750. The Balaban J connectivity index is 2.23. The number of benzene rings is 2. The monoisotopic (exact) mass is 407 g/mol. The second-order valence-corrected chi connectivity index (χ2v) is 7.95. The minimum atomic E-state index is -3.76. The van der Waals surface area contributed by atoms with E-state index >= 15 is 0 Å². The number of methoxy groups -OCH3 is 1. The van der Waals surface area contributed by atoms with Crippen molar-refractivity contribution in [2.24, 2.45) is 0 Å². The van der Waals surface area contributed by atoms with Crippen LogP contribution >= 0.6 is 0 Å². The molecule has 0 aliphatic rings. The van der Waals surface area contributed by atoms with Crippen molar-refractivity contribution < 1.29 is 18.1 Å². The molecule has 2 rings (SSSR count). The van der Waals surface area contributed by atoms with E-state index in [-0.39, 0.29) is 16.3 Å². The van der Waals surface area contributed by atoms with Gasteiger partial charge in [-0.25, -0.2) is 8.42 Å². The molecular weight excluding hydrogens is 382 g/mol. The number of rotatable bonds is 10. The van der Waals surface area contributed by atoms with E-state index in [1.54, 1.807) is 21.0 Å². The molecule has 0 bridgehead atoms. The molecule has 0 aliphatic heterocycles. The van der Waals surface area contributed by atoms with Gasteiger partial charge in [-0.1, -0.05) is 32.0 Å². The quantitative estimate of drug-likeness (QED) is 0.479. The molecule has 0 radical (unpaired) electrons. The summed E-state index contributed by atoms with van der Waals surface area (Å²) in [5.41, 5.74) is 0.979. The second kappa shape index (κ2) is 9.52. The van der Waals surface area contributed by atoms with Crippen molar-refractivity contribution in [3.63, 3.8) is 0 Å². The molecule has 0 heterocycles. The van der Waals surface area contributed by atoms with E-state index in [1.165, 1.54) is 16.4 Å². The summed E-state index contributed by atoms with van der Waals surface area (Å²) < 4.78 is 31.8. The Bertz CT molecular complexity index is 927. The van der Waals surface area contributed by atoms with Gasteiger partial charge in [-0.15, -0.1) is 0 Å². The first-order valence-electron chi connectivity index (χ1n) is 8.99. The fraction of sp³-hybridized carbons (Fsp3) is 0.368. The summed E-state index contributed by atoms with van der Waals surface area (Å²) in [7, 11) is -2.17. The van der Waals surface area contributed by atoms with Crippen molar-refractivity contribution in [1.29, 1.82) is 0 Å². The number of nitro groups is 1. The van der Waals surface area contributed by atoms with Crippen LogP contribution in [-0.2, 0) is 16.4 Å². The molecule has 0 fully saturated rings. The van der Waals surface area contributed by atoms with Crippen molar-refractivity contribution >= 4 is 21.4 Å². The molecule has 8 nitrogen and oxygen atoms in total. The first-order valence-corrected chi connectivity index (χ1v) is 10.4. The molecule has 152 valence electrons. The number of sulfonamides is 1. The van der Waals surface area contributed by atoms with Crippen LogP contribution in [-0.4, -0.2) is 44.4 Å². The van der Waals surface area contributed by atoms with Crippen molar-refractivity contribution in [3.05, 3.63) is 58.1 Å². The van der Waals surface area contributed by atoms with Crippen LogP contribution in [0.5, 0.6) is 5.75 Å². The molecule has 0 unspecified atom stereocenters. The minimum Gasteiger partial charge on any atom is -0.496 e. The third-order valence-electron chi connectivity index (χ3n) is 4.41.